The number of allylic oxidation sites excluding steroid dienone is 4. The van der Waals surface area contributed by atoms with E-state index in [0.717, 1.165) is 61.9 Å². The Morgan fingerprint density at radius 2 is 2.12 bits per heavy atom. The first-order valence-corrected chi connectivity index (χ1v) is 12.9. The van der Waals surface area contributed by atoms with Crippen LogP contribution in [-0.2, 0) is 6.42 Å². The van der Waals surface area contributed by atoms with Crippen LogP contribution < -0.4 is 10.1 Å². The maximum atomic E-state index is 5.58. The largest absolute Gasteiger partial charge is 0.496 e. The molecule has 1 fully saturated rings. The summed E-state index contributed by atoms with van der Waals surface area (Å²) < 4.78 is 5.58. The van der Waals surface area contributed by atoms with Gasteiger partial charge in [0, 0.05) is 36.3 Å². The van der Waals surface area contributed by atoms with E-state index in [4.69, 9.17) is 9.73 Å². The van der Waals surface area contributed by atoms with Gasteiger partial charge in [-0.3, -0.25) is 4.90 Å². The number of thiophene rings is 1. The molecule has 1 N–H and O–H groups in total. The lowest BCUT2D eigenvalue weighted by Gasteiger charge is -2.41. The zero-order valence-electron chi connectivity index (χ0n) is 20.8. The average molecular weight is 477 g/mol. The normalized spacial score (nSPS) is 19.0. The molecular weight excluding hydrogens is 440 g/mol. The summed E-state index contributed by atoms with van der Waals surface area (Å²) in [5, 5.41) is 4.88. The molecule has 3 heterocycles. The molecule has 0 radical (unpaired) electrons. The van der Waals surface area contributed by atoms with Crippen LogP contribution in [0.3, 0.4) is 0 Å². The highest BCUT2D eigenvalue weighted by Crippen LogP contribution is 2.35. The molecule has 1 aromatic carbocycles. The lowest BCUT2D eigenvalue weighted by Crippen LogP contribution is -2.53. The van der Waals surface area contributed by atoms with Crippen LogP contribution in [0, 0.1) is 6.92 Å². The van der Waals surface area contributed by atoms with E-state index in [9.17, 15) is 0 Å². The molecule has 1 saturated heterocycles. The molecule has 0 bridgehead atoms. The van der Waals surface area contributed by atoms with Crippen LogP contribution in [0.2, 0.25) is 0 Å². The standard InChI is InChI=1S/C28H36N4OS/c1-6-8-12-25-24(7-2)30-28-23(18-20(3)34-28)27(29-25)32-17-16-31(4)22(19-32)15-14-21-11-9-10-13-26(21)33-5/h6,8-13,18,22,30H,1,7,14-17,19H2,2-5H3/b12-8-/t22-/m0/s1. The molecule has 0 amide bonds. The van der Waals surface area contributed by atoms with Crippen molar-refractivity contribution in [3.05, 3.63) is 82.5 Å². The molecule has 2 aliphatic heterocycles. The van der Waals surface area contributed by atoms with Crippen LogP contribution in [0.15, 0.2) is 71.5 Å². The Hall–Kier alpha value is -2.83. The number of rotatable bonds is 7. The summed E-state index contributed by atoms with van der Waals surface area (Å²) in [7, 11) is 4.00. The van der Waals surface area contributed by atoms with Gasteiger partial charge in [0.25, 0.3) is 0 Å². The monoisotopic (exact) mass is 476 g/mol. The molecule has 0 spiro atoms. The summed E-state index contributed by atoms with van der Waals surface area (Å²) >= 11 is 1.81. The third kappa shape index (κ3) is 5.29. The Labute approximate surface area is 208 Å². The van der Waals surface area contributed by atoms with Gasteiger partial charge >= 0.3 is 0 Å². The topological polar surface area (TPSA) is 40.1 Å². The van der Waals surface area contributed by atoms with Gasteiger partial charge in [-0.2, -0.15) is 0 Å². The molecule has 180 valence electrons. The maximum absolute atomic E-state index is 5.58. The van der Waals surface area contributed by atoms with Crippen molar-refractivity contribution in [2.75, 3.05) is 39.1 Å². The number of fused-ring (bicyclic) bond motifs is 1. The van der Waals surface area contributed by atoms with Crippen LogP contribution in [0.1, 0.15) is 35.8 Å². The second-order valence-corrected chi connectivity index (χ2v) is 10.2. The molecule has 2 aliphatic rings. The first-order valence-electron chi connectivity index (χ1n) is 12.1. The average Bonchev–Trinajstić information content (AvgIpc) is 3.15. The highest BCUT2D eigenvalue weighted by molar-refractivity contribution is 7.16. The summed E-state index contributed by atoms with van der Waals surface area (Å²) in [6.45, 7) is 11.1. The highest BCUT2D eigenvalue weighted by Gasteiger charge is 2.30. The number of anilines is 1. The third-order valence-corrected chi connectivity index (χ3v) is 7.62. The maximum Gasteiger partial charge on any atom is 0.139 e. The molecule has 0 aliphatic carbocycles. The number of aliphatic imine (C=N–C) groups is 1. The first kappa shape index (κ1) is 24.3. The fraction of sp³-hybridized carbons (Fsp3) is 0.393. The van der Waals surface area contributed by atoms with Crippen molar-refractivity contribution in [1.82, 2.24) is 9.80 Å². The molecule has 2 aromatic rings. The van der Waals surface area contributed by atoms with Gasteiger partial charge in [-0.15, -0.1) is 11.3 Å². The van der Waals surface area contributed by atoms with Crippen molar-refractivity contribution in [3.8, 4) is 5.75 Å². The predicted molar refractivity (Wildman–Crippen MR) is 145 cm³/mol. The molecule has 4 rings (SSSR count). The lowest BCUT2D eigenvalue weighted by atomic mass is 10.0. The van der Waals surface area contributed by atoms with E-state index >= 15 is 0 Å². The van der Waals surface area contributed by atoms with Crippen molar-refractivity contribution in [3.63, 3.8) is 0 Å². The fourth-order valence-electron chi connectivity index (χ4n) is 4.71. The van der Waals surface area contributed by atoms with Gasteiger partial charge in [0.05, 0.1) is 18.4 Å². The van der Waals surface area contributed by atoms with Crippen molar-refractivity contribution >= 4 is 22.2 Å². The van der Waals surface area contributed by atoms with Crippen LogP contribution in [0.5, 0.6) is 5.75 Å². The number of piperazine rings is 1. The number of aryl methyl sites for hydroxylation is 2. The van der Waals surface area contributed by atoms with Crippen molar-refractivity contribution in [1.29, 1.82) is 0 Å². The van der Waals surface area contributed by atoms with Gasteiger partial charge < -0.3 is 15.0 Å². The number of benzene rings is 1. The Kier molecular flexibility index (Phi) is 7.91. The van der Waals surface area contributed by atoms with E-state index in [1.54, 1.807) is 7.11 Å². The van der Waals surface area contributed by atoms with Crippen LogP contribution in [-0.4, -0.2) is 55.5 Å². The zero-order valence-corrected chi connectivity index (χ0v) is 21.6. The smallest absolute Gasteiger partial charge is 0.139 e. The molecule has 34 heavy (non-hydrogen) atoms. The van der Waals surface area contributed by atoms with Crippen LogP contribution >= 0.6 is 11.3 Å². The summed E-state index contributed by atoms with van der Waals surface area (Å²) in [6, 6.07) is 11.1. The number of likely N-dealkylation sites (N-methyl/N-ethyl adjacent to an activating group) is 1. The molecule has 6 heteroatoms. The van der Waals surface area contributed by atoms with E-state index < -0.39 is 0 Å². The van der Waals surface area contributed by atoms with E-state index in [1.165, 1.54) is 21.0 Å². The van der Waals surface area contributed by atoms with E-state index in [1.807, 2.05) is 29.6 Å². The lowest BCUT2D eigenvalue weighted by molar-refractivity contribution is 0.134. The summed E-state index contributed by atoms with van der Waals surface area (Å²) in [6.07, 6.45) is 8.82. The Morgan fingerprint density at radius 3 is 2.88 bits per heavy atom. The second-order valence-electron chi connectivity index (χ2n) is 8.90. The Bertz CT molecular complexity index is 1110. The number of nitrogens with one attached hydrogen (secondary N) is 1. The molecule has 0 unspecified atom stereocenters. The minimum atomic E-state index is 0.447. The SMILES string of the molecule is C=C/C=C\C1=C(CC)Nc2sc(C)cc2C(N2CCN(C)[C@@H](CCc3ccccc3OC)C2)=N1. The van der Waals surface area contributed by atoms with Crippen LogP contribution in [0.25, 0.3) is 0 Å². The van der Waals surface area contributed by atoms with Gasteiger partial charge in [0.2, 0.25) is 0 Å². The van der Waals surface area contributed by atoms with Gasteiger partial charge in [0.1, 0.15) is 16.6 Å². The van der Waals surface area contributed by atoms with E-state index in [2.05, 4.69) is 72.9 Å². The molecule has 1 atom stereocenters. The minimum absolute atomic E-state index is 0.447. The zero-order chi connectivity index (χ0) is 24.1. The summed E-state index contributed by atoms with van der Waals surface area (Å²) in [5.41, 5.74) is 4.62. The molecule has 5 nitrogen and oxygen atoms in total. The number of methoxy groups -OCH3 is 1. The molecule has 1 aromatic heterocycles. The molecular formula is C28H36N4OS. The highest BCUT2D eigenvalue weighted by atomic mass is 32.1. The van der Waals surface area contributed by atoms with Gasteiger partial charge in [0.15, 0.2) is 0 Å². The van der Waals surface area contributed by atoms with Crippen molar-refractivity contribution < 1.29 is 4.74 Å². The quantitative estimate of drug-likeness (QED) is 0.509. The number of ether oxygens (including phenoxy) is 1. The van der Waals surface area contributed by atoms with E-state index in [-0.39, 0.29) is 0 Å². The fourth-order valence-corrected chi connectivity index (χ4v) is 5.64. The van der Waals surface area contributed by atoms with E-state index in [0.29, 0.717) is 6.04 Å². The van der Waals surface area contributed by atoms with Gasteiger partial charge in [-0.1, -0.05) is 43.9 Å². The number of nitrogens with zero attached hydrogens (tertiary/aromatic N) is 3. The summed E-state index contributed by atoms with van der Waals surface area (Å²) in [5.74, 6) is 2.06. The first-order chi connectivity index (χ1) is 16.5. The Balaban J connectivity index is 1.62. The number of hydrogen-bond donors (Lipinski definition) is 1. The van der Waals surface area contributed by atoms with Crippen molar-refractivity contribution in [2.24, 2.45) is 4.99 Å². The number of amidine groups is 1. The van der Waals surface area contributed by atoms with Gasteiger partial charge in [-0.25, -0.2) is 4.99 Å². The predicted octanol–water partition coefficient (Wildman–Crippen LogP) is 5.85. The number of para-hydroxylation sites is 1. The Morgan fingerprint density at radius 1 is 1.29 bits per heavy atom. The number of hydrogen-bond acceptors (Lipinski definition) is 6. The molecule has 0 saturated carbocycles. The van der Waals surface area contributed by atoms with Crippen molar-refractivity contribution in [2.45, 2.75) is 39.2 Å². The van der Waals surface area contributed by atoms with Gasteiger partial charge in [-0.05, 0) is 57.0 Å². The second kappa shape index (κ2) is 11.1. The third-order valence-electron chi connectivity index (χ3n) is 6.66. The summed E-state index contributed by atoms with van der Waals surface area (Å²) in [4.78, 5) is 11.5. The minimum Gasteiger partial charge on any atom is -0.496 e. The van der Waals surface area contributed by atoms with Crippen LogP contribution in [0.4, 0.5) is 5.00 Å².